The number of thioether (sulfide) groups is 1. The summed E-state index contributed by atoms with van der Waals surface area (Å²) >= 11 is 1.20. The van der Waals surface area contributed by atoms with Crippen molar-refractivity contribution in [3.05, 3.63) is 17.9 Å². The number of furan rings is 1. The molecule has 1 rings (SSSR count). The van der Waals surface area contributed by atoms with Gasteiger partial charge in [-0.1, -0.05) is 25.6 Å². The van der Waals surface area contributed by atoms with Crippen molar-refractivity contribution in [2.75, 3.05) is 6.54 Å². The van der Waals surface area contributed by atoms with Gasteiger partial charge in [-0.2, -0.15) is 0 Å². The molecule has 1 unspecified atom stereocenters. The first-order valence-electron chi connectivity index (χ1n) is 5.67. The van der Waals surface area contributed by atoms with Crippen molar-refractivity contribution in [2.45, 2.75) is 31.1 Å². The molecule has 0 aliphatic carbocycles. The largest absolute Gasteiger partial charge is 0.475 e. The second-order valence-corrected chi connectivity index (χ2v) is 5.67. The number of carbonyl (C=O) groups excluding carboxylic acids is 1. The molecule has 0 saturated heterocycles. The van der Waals surface area contributed by atoms with Crippen molar-refractivity contribution in [2.24, 2.45) is 5.92 Å². The highest BCUT2D eigenvalue weighted by atomic mass is 32.2. The Bertz CT molecular complexity index is 427. The molecular weight excluding hydrogens is 254 g/mol. The normalized spacial score (nSPS) is 12.4. The molecule has 1 amide bonds. The average molecular weight is 271 g/mol. The maximum atomic E-state index is 11.7. The van der Waals surface area contributed by atoms with Crippen LogP contribution in [0.15, 0.2) is 21.6 Å². The number of aromatic carboxylic acids is 1. The van der Waals surface area contributed by atoms with Crippen molar-refractivity contribution in [1.82, 2.24) is 5.32 Å². The molecule has 18 heavy (non-hydrogen) atoms. The Kier molecular flexibility index (Phi) is 5.27. The zero-order chi connectivity index (χ0) is 13.7. The van der Waals surface area contributed by atoms with Crippen molar-refractivity contribution in [3.8, 4) is 0 Å². The van der Waals surface area contributed by atoms with Crippen LogP contribution >= 0.6 is 11.8 Å². The van der Waals surface area contributed by atoms with E-state index in [1.54, 1.807) is 13.0 Å². The number of hydrogen-bond donors (Lipinski definition) is 2. The van der Waals surface area contributed by atoms with E-state index in [4.69, 9.17) is 9.52 Å². The quantitative estimate of drug-likeness (QED) is 0.776. The predicted molar refractivity (Wildman–Crippen MR) is 68.8 cm³/mol. The highest BCUT2D eigenvalue weighted by Gasteiger charge is 2.17. The van der Waals surface area contributed by atoms with Gasteiger partial charge in [0, 0.05) is 6.54 Å². The van der Waals surface area contributed by atoms with Gasteiger partial charge >= 0.3 is 5.97 Å². The Hall–Kier alpha value is -1.43. The molecule has 0 saturated carbocycles. The molecule has 6 heteroatoms. The zero-order valence-electron chi connectivity index (χ0n) is 10.6. The van der Waals surface area contributed by atoms with Crippen LogP contribution in [0.1, 0.15) is 31.3 Å². The molecule has 1 aromatic heterocycles. The summed E-state index contributed by atoms with van der Waals surface area (Å²) in [7, 11) is 0. The maximum Gasteiger partial charge on any atom is 0.371 e. The summed E-state index contributed by atoms with van der Waals surface area (Å²) in [5.74, 6) is -0.915. The van der Waals surface area contributed by atoms with Crippen LogP contribution in [0.5, 0.6) is 0 Å². The van der Waals surface area contributed by atoms with E-state index in [1.165, 1.54) is 17.8 Å². The van der Waals surface area contributed by atoms with Crippen LogP contribution in [0, 0.1) is 5.92 Å². The minimum atomic E-state index is -1.11. The molecule has 0 spiro atoms. The molecule has 0 aliphatic heterocycles. The van der Waals surface area contributed by atoms with Crippen molar-refractivity contribution >= 4 is 23.6 Å². The Labute approximate surface area is 110 Å². The number of carboxylic acid groups (broad SMARTS) is 1. The van der Waals surface area contributed by atoms with Gasteiger partial charge < -0.3 is 14.8 Å². The second kappa shape index (κ2) is 6.49. The van der Waals surface area contributed by atoms with Gasteiger partial charge in [0.25, 0.3) is 0 Å². The van der Waals surface area contributed by atoms with E-state index < -0.39 is 5.97 Å². The van der Waals surface area contributed by atoms with Crippen molar-refractivity contribution < 1.29 is 19.1 Å². The lowest BCUT2D eigenvalue weighted by Gasteiger charge is -2.11. The number of hydrogen-bond acceptors (Lipinski definition) is 4. The average Bonchev–Trinajstić information content (AvgIpc) is 2.74. The van der Waals surface area contributed by atoms with Crippen molar-refractivity contribution in [1.29, 1.82) is 0 Å². The Morgan fingerprint density at radius 3 is 2.56 bits per heavy atom. The first-order valence-corrected chi connectivity index (χ1v) is 6.55. The van der Waals surface area contributed by atoms with Crippen LogP contribution in [-0.4, -0.2) is 28.8 Å². The molecule has 1 aromatic rings. The van der Waals surface area contributed by atoms with Gasteiger partial charge in [-0.15, -0.1) is 0 Å². The third kappa shape index (κ3) is 4.44. The molecule has 0 aromatic carbocycles. The van der Waals surface area contributed by atoms with E-state index in [2.05, 4.69) is 5.32 Å². The van der Waals surface area contributed by atoms with Crippen LogP contribution < -0.4 is 5.32 Å². The Balaban J connectivity index is 2.50. The molecule has 1 atom stereocenters. The summed E-state index contributed by atoms with van der Waals surface area (Å²) in [6.45, 7) is 6.42. The molecule has 100 valence electrons. The van der Waals surface area contributed by atoms with Gasteiger partial charge in [0.1, 0.15) is 0 Å². The lowest BCUT2D eigenvalue weighted by Crippen LogP contribution is -2.33. The van der Waals surface area contributed by atoms with E-state index >= 15 is 0 Å². The van der Waals surface area contributed by atoms with E-state index in [9.17, 15) is 9.59 Å². The molecule has 0 radical (unpaired) electrons. The standard InChI is InChI=1S/C12H17NO4S/c1-7(2)6-13-11(14)8(3)18-10-5-4-9(17-10)12(15)16/h4-5,7-8H,6H2,1-3H3,(H,13,14)(H,15,16). The van der Waals surface area contributed by atoms with Gasteiger partial charge in [-0.05, 0) is 25.0 Å². The van der Waals surface area contributed by atoms with Gasteiger partial charge in [0.15, 0.2) is 5.09 Å². The number of carbonyl (C=O) groups is 2. The van der Waals surface area contributed by atoms with Crippen LogP contribution in [0.25, 0.3) is 0 Å². The Morgan fingerprint density at radius 1 is 1.39 bits per heavy atom. The SMILES string of the molecule is CC(C)CNC(=O)C(C)Sc1ccc(C(=O)O)o1. The van der Waals surface area contributed by atoms with Crippen LogP contribution in [-0.2, 0) is 4.79 Å². The van der Waals surface area contributed by atoms with Crippen LogP contribution in [0.3, 0.4) is 0 Å². The summed E-state index contributed by atoms with van der Waals surface area (Å²) in [4.78, 5) is 22.3. The summed E-state index contributed by atoms with van der Waals surface area (Å²) < 4.78 is 5.07. The topological polar surface area (TPSA) is 79.5 Å². The molecular formula is C12H17NO4S. The lowest BCUT2D eigenvalue weighted by molar-refractivity contribution is -0.120. The summed E-state index contributed by atoms with van der Waals surface area (Å²) in [5.41, 5.74) is 0. The van der Waals surface area contributed by atoms with Gasteiger partial charge in [-0.25, -0.2) is 4.79 Å². The molecule has 0 fully saturated rings. The lowest BCUT2D eigenvalue weighted by atomic mass is 10.2. The third-order valence-electron chi connectivity index (χ3n) is 2.14. The molecule has 2 N–H and O–H groups in total. The fraction of sp³-hybridized carbons (Fsp3) is 0.500. The van der Waals surface area contributed by atoms with Crippen LogP contribution in [0.4, 0.5) is 0 Å². The van der Waals surface area contributed by atoms with Gasteiger partial charge in [-0.3, -0.25) is 4.79 Å². The smallest absolute Gasteiger partial charge is 0.371 e. The second-order valence-electron chi connectivity index (χ2n) is 4.32. The van der Waals surface area contributed by atoms with Crippen LogP contribution in [0.2, 0.25) is 0 Å². The summed E-state index contributed by atoms with van der Waals surface area (Å²) in [6, 6.07) is 2.93. The molecule has 0 aliphatic rings. The molecule has 1 heterocycles. The number of amides is 1. The monoisotopic (exact) mass is 271 g/mol. The first kappa shape index (κ1) is 14.6. The number of nitrogens with one attached hydrogen (secondary N) is 1. The number of carboxylic acids is 1. The van der Waals surface area contributed by atoms with Gasteiger partial charge in [0.05, 0.1) is 5.25 Å². The van der Waals surface area contributed by atoms with Gasteiger partial charge in [0.2, 0.25) is 11.7 Å². The van der Waals surface area contributed by atoms with E-state index in [1.807, 2.05) is 13.8 Å². The summed E-state index contributed by atoms with van der Waals surface area (Å²) in [5, 5.41) is 11.6. The first-order chi connectivity index (χ1) is 8.40. The maximum absolute atomic E-state index is 11.7. The zero-order valence-corrected chi connectivity index (χ0v) is 11.4. The van der Waals surface area contributed by atoms with E-state index in [0.29, 0.717) is 17.6 Å². The minimum Gasteiger partial charge on any atom is -0.475 e. The van der Waals surface area contributed by atoms with E-state index in [0.717, 1.165) is 0 Å². The molecule has 0 bridgehead atoms. The minimum absolute atomic E-state index is 0.0815. The number of rotatable bonds is 6. The summed E-state index contributed by atoms with van der Waals surface area (Å²) in [6.07, 6.45) is 0. The fourth-order valence-electron chi connectivity index (χ4n) is 1.17. The fourth-order valence-corrected chi connectivity index (χ4v) is 2.00. The third-order valence-corrected chi connectivity index (χ3v) is 3.16. The highest BCUT2D eigenvalue weighted by molar-refractivity contribution is 8.00. The Morgan fingerprint density at radius 2 is 2.06 bits per heavy atom. The molecule has 5 nitrogen and oxygen atoms in total. The predicted octanol–water partition coefficient (Wildman–Crippen LogP) is 2.23. The van der Waals surface area contributed by atoms with E-state index in [-0.39, 0.29) is 16.9 Å². The van der Waals surface area contributed by atoms with Crippen molar-refractivity contribution in [3.63, 3.8) is 0 Å². The highest BCUT2D eigenvalue weighted by Crippen LogP contribution is 2.25.